The van der Waals surface area contributed by atoms with Gasteiger partial charge in [0, 0.05) is 0 Å². The van der Waals surface area contributed by atoms with Crippen LogP contribution in [0.1, 0.15) is 43.4 Å². The minimum Gasteiger partial charge on any atom is -0.493 e. The van der Waals surface area contributed by atoms with E-state index in [9.17, 15) is 0 Å². The number of ether oxygens (including phenoxy) is 1. The Morgan fingerprint density at radius 1 is 0.947 bits per heavy atom. The van der Waals surface area contributed by atoms with E-state index in [0.29, 0.717) is 0 Å². The van der Waals surface area contributed by atoms with E-state index < -0.39 is 0 Å². The molecule has 0 saturated heterocycles. The first-order valence-electron chi connectivity index (χ1n) is 7.52. The van der Waals surface area contributed by atoms with Crippen molar-refractivity contribution in [2.45, 2.75) is 47.5 Å². The van der Waals surface area contributed by atoms with Gasteiger partial charge in [-0.15, -0.1) is 0 Å². The number of hydrogen-bond donors (Lipinski definition) is 0. The highest BCUT2D eigenvalue weighted by Crippen LogP contribution is 2.25. The summed E-state index contributed by atoms with van der Waals surface area (Å²) in [5.41, 5.74) is 3.83. The Bertz CT molecular complexity index is 383. The summed E-state index contributed by atoms with van der Waals surface area (Å²) in [6, 6.07) is 4.31. The second-order valence-electron chi connectivity index (χ2n) is 5.24. The van der Waals surface area contributed by atoms with Gasteiger partial charge in [0.2, 0.25) is 0 Å². The summed E-state index contributed by atoms with van der Waals surface area (Å²) in [5.74, 6) is 1.09. The lowest BCUT2D eigenvalue weighted by molar-refractivity contribution is 0.264. The largest absolute Gasteiger partial charge is 0.493 e. The topological polar surface area (TPSA) is 12.5 Å². The molecule has 0 fully saturated rings. The first kappa shape index (κ1) is 16.0. The second kappa shape index (κ2) is 8.21. The molecule has 19 heavy (non-hydrogen) atoms. The standard InChI is InChI=1S/C17H29NO/c1-6-18(7-2)12-8-9-13-19-17-15(4)11-10-14(3)16(17)5/h10-11H,6-9,12-13H2,1-5H3. The summed E-state index contributed by atoms with van der Waals surface area (Å²) in [6.45, 7) is 15.2. The van der Waals surface area contributed by atoms with E-state index >= 15 is 0 Å². The zero-order chi connectivity index (χ0) is 14.3. The Kier molecular flexibility index (Phi) is 6.93. The number of nitrogens with zero attached hydrogens (tertiary/aromatic N) is 1. The maximum Gasteiger partial charge on any atom is 0.125 e. The van der Waals surface area contributed by atoms with E-state index in [-0.39, 0.29) is 0 Å². The highest BCUT2D eigenvalue weighted by molar-refractivity contribution is 5.44. The van der Waals surface area contributed by atoms with Gasteiger partial charge < -0.3 is 9.64 Å². The summed E-state index contributed by atoms with van der Waals surface area (Å²) >= 11 is 0. The molecule has 0 aliphatic carbocycles. The maximum atomic E-state index is 5.98. The number of hydrogen-bond acceptors (Lipinski definition) is 2. The quantitative estimate of drug-likeness (QED) is 0.654. The van der Waals surface area contributed by atoms with Crippen LogP contribution in [0.4, 0.5) is 0 Å². The van der Waals surface area contributed by atoms with Gasteiger partial charge in [0.15, 0.2) is 0 Å². The molecular formula is C17H29NO. The fourth-order valence-electron chi connectivity index (χ4n) is 2.30. The van der Waals surface area contributed by atoms with E-state index in [1.807, 2.05) is 0 Å². The predicted octanol–water partition coefficient (Wildman–Crippen LogP) is 4.11. The maximum absolute atomic E-state index is 5.98. The van der Waals surface area contributed by atoms with Gasteiger partial charge in [-0.2, -0.15) is 0 Å². The van der Waals surface area contributed by atoms with Crippen LogP contribution < -0.4 is 4.74 Å². The molecule has 0 aliphatic heterocycles. The second-order valence-corrected chi connectivity index (χ2v) is 5.24. The third kappa shape index (κ3) is 4.87. The van der Waals surface area contributed by atoms with Gasteiger partial charge in [-0.25, -0.2) is 0 Å². The smallest absolute Gasteiger partial charge is 0.125 e. The lowest BCUT2D eigenvalue weighted by Gasteiger charge is -2.18. The molecule has 0 amide bonds. The van der Waals surface area contributed by atoms with Crippen molar-refractivity contribution in [2.75, 3.05) is 26.2 Å². The van der Waals surface area contributed by atoms with Crippen molar-refractivity contribution in [3.63, 3.8) is 0 Å². The summed E-state index contributed by atoms with van der Waals surface area (Å²) in [6.07, 6.45) is 2.34. The van der Waals surface area contributed by atoms with Crippen molar-refractivity contribution in [3.8, 4) is 5.75 Å². The van der Waals surface area contributed by atoms with Gasteiger partial charge in [0.1, 0.15) is 5.75 Å². The molecule has 0 atom stereocenters. The third-order valence-corrected chi connectivity index (χ3v) is 3.88. The molecule has 0 heterocycles. The average Bonchev–Trinajstić information content (AvgIpc) is 2.42. The Morgan fingerprint density at radius 2 is 1.58 bits per heavy atom. The van der Waals surface area contributed by atoms with Gasteiger partial charge >= 0.3 is 0 Å². The van der Waals surface area contributed by atoms with Crippen LogP contribution in [0.2, 0.25) is 0 Å². The van der Waals surface area contributed by atoms with Crippen LogP contribution in [-0.4, -0.2) is 31.1 Å². The Balaban J connectivity index is 2.36. The van der Waals surface area contributed by atoms with Crippen molar-refractivity contribution >= 4 is 0 Å². The van der Waals surface area contributed by atoms with Gasteiger partial charge in [-0.05, 0) is 69.9 Å². The van der Waals surface area contributed by atoms with Crippen LogP contribution in [0, 0.1) is 20.8 Å². The van der Waals surface area contributed by atoms with Crippen LogP contribution in [0.25, 0.3) is 0 Å². The minimum absolute atomic E-state index is 0.826. The molecule has 0 spiro atoms. The summed E-state index contributed by atoms with van der Waals surface area (Å²) < 4.78 is 5.98. The van der Waals surface area contributed by atoms with Crippen molar-refractivity contribution in [3.05, 3.63) is 28.8 Å². The zero-order valence-corrected chi connectivity index (χ0v) is 13.3. The third-order valence-electron chi connectivity index (χ3n) is 3.88. The SMILES string of the molecule is CCN(CC)CCCCOc1c(C)ccc(C)c1C. The molecular weight excluding hydrogens is 234 g/mol. The molecule has 2 heteroatoms. The predicted molar refractivity (Wildman–Crippen MR) is 83.2 cm³/mol. The van der Waals surface area contributed by atoms with Gasteiger partial charge in [-0.1, -0.05) is 26.0 Å². The van der Waals surface area contributed by atoms with Crippen LogP contribution in [0.3, 0.4) is 0 Å². The summed E-state index contributed by atoms with van der Waals surface area (Å²) in [7, 11) is 0. The van der Waals surface area contributed by atoms with Crippen molar-refractivity contribution in [2.24, 2.45) is 0 Å². The molecule has 0 radical (unpaired) electrons. The van der Waals surface area contributed by atoms with Crippen molar-refractivity contribution < 1.29 is 4.74 Å². The number of aryl methyl sites for hydroxylation is 2. The van der Waals surface area contributed by atoms with E-state index in [4.69, 9.17) is 4.74 Å². The Labute approximate surface area is 118 Å². The molecule has 2 nitrogen and oxygen atoms in total. The lowest BCUT2D eigenvalue weighted by atomic mass is 10.1. The highest BCUT2D eigenvalue weighted by Gasteiger charge is 2.06. The fraction of sp³-hybridized carbons (Fsp3) is 0.647. The molecule has 1 aromatic carbocycles. The molecule has 0 aliphatic rings. The van der Waals surface area contributed by atoms with Gasteiger partial charge in [0.05, 0.1) is 6.61 Å². The van der Waals surface area contributed by atoms with E-state index in [0.717, 1.165) is 31.9 Å². The molecule has 0 aromatic heterocycles. The van der Waals surface area contributed by atoms with Crippen molar-refractivity contribution in [1.82, 2.24) is 4.90 Å². The van der Waals surface area contributed by atoms with Crippen LogP contribution >= 0.6 is 0 Å². The Morgan fingerprint density at radius 3 is 2.21 bits per heavy atom. The molecule has 0 bridgehead atoms. The molecule has 108 valence electrons. The van der Waals surface area contributed by atoms with E-state index in [2.05, 4.69) is 51.7 Å². The fourth-order valence-corrected chi connectivity index (χ4v) is 2.30. The Hall–Kier alpha value is -1.02. The highest BCUT2D eigenvalue weighted by atomic mass is 16.5. The lowest BCUT2D eigenvalue weighted by Crippen LogP contribution is -2.24. The molecule has 0 unspecified atom stereocenters. The summed E-state index contributed by atoms with van der Waals surface area (Å²) in [4.78, 5) is 2.46. The first-order valence-corrected chi connectivity index (χ1v) is 7.52. The van der Waals surface area contributed by atoms with Crippen LogP contribution in [0.5, 0.6) is 5.75 Å². The molecule has 0 saturated carbocycles. The number of rotatable bonds is 8. The molecule has 0 N–H and O–H groups in total. The van der Waals surface area contributed by atoms with E-state index in [1.54, 1.807) is 0 Å². The van der Waals surface area contributed by atoms with Crippen LogP contribution in [0.15, 0.2) is 12.1 Å². The van der Waals surface area contributed by atoms with Gasteiger partial charge in [-0.3, -0.25) is 0 Å². The number of unbranched alkanes of at least 4 members (excludes halogenated alkanes) is 1. The molecule has 1 aromatic rings. The van der Waals surface area contributed by atoms with Crippen molar-refractivity contribution in [1.29, 1.82) is 0 Å². The van der Waals surface area contributed by atoms with Gasteiger partial charge in [0.25, 0.3) is 0 Å². The molecule has 1 rings (SSSR count). The van der Waals surface area contributed by atoms with E-state index in [1.165, 1.54) is 29.7 Å². The normalized spacial score (nSPS) is 11.1. The first-order chi connectivity index (χ1) is 9.10. The number of benzene rings is 1. The van der Waals surface area contributed by atoms with Crippen LogP contribution in [-0.2, 0) is 0 Å². The average molecular weight is 263 g/mol. The monoisotopic (exact) mass is 263 g/mol. The minimum atomic E-state index is 0.826. The summed E-state index contributed by atoms with van der Waals surface area (Å²) in [5, 5.41) is 0. The zero-order valence-electron chi connectivity index (χ0n) is 13.3.